The summed E-state index contributed by atoms with van der Waals surface area (Å²) in [5.74, 6) is -1.41. The number of alkyl halides is 3. The minimum Gasteiger partial charge on any atom is -0.343 e. The molecule has 4 rings (SSSR count). The molecule has 1 aliphatic rings. The van der Waals surface area contributed by atoms with Crippen molar-refractivity contribution in [3.8, 4) is 0 Å². The molecule has 1 aliphatic heterocycles. The first-order chi connectivity index (χ1) is 16.6. The van der Waals surface area contributed by atoms with Crippen LogP contribution < -0.4 is 10.6 Å². The van der Waals surface area contributed by atoms with E-state index < -0.39 is 12.0 Å². The maximum absolute atomic E-state index is 13.0. The number of nitrogens with one attached hydrogen (secondary N) is 2. The summed E-state index contributed by atoms with van der Waals surface area (Å²) in [7, 11) is 0. The highest BCUT2D eigenvalue weighted by Crippen LogP contribution is 2.27. The number of amides is 3. The summed E-state index contributed by atoms with van der Waals surface area (Å²) >= 11 is 0. The van der Waals surface area contributed by atoms with Crippen molar-refractivity contribution in [1.82, 2.24) is 29.8 Å². The van der Waals surface area contributed by atoms with E-state index in [1.165, 1.54) is 0 Å². The summed E-state index contributed by atoms with van der Waals surface area (Å²) < 4.78 is 40.0. The van der Waals surface area contributed by atoms with Gasteiger partial charge in [0, 0.05) is 42.6 Å². The number of likely N-dealkylation sites (tertiary alicyclic amines) is 1. The maximum Gasteiger partial charge on any atom is 0.453 e. The summed E-state index contributed by atoms with van der Waals surface area (Å²) in [5.41, 5.74) is 2.39. The smallest absolute Gasteiger partial charge is 0.343 e. The number of hydrogen-bond acceptors (Lipinski definition) is 5. The fourth-order valence-electron chi connectivity index (χ4n) is 4.23. The molecule has 3 amide bonds. The van der Waals surface area contributed by atoms with Crippen molar-refractivity contribution in [2.45, 2.75) is 51.7 Å². The number of anilines is 1. The molecule has 186 valence electrons. The van der Waals surface area contributed by atoms with Gasteiger partial charge in [0.15, 0.2) is 0 Å². The van der Waals surface area contributed by atoms with E-state index in [2.05, 4.69) is 25.7 Å². The number of aromatic nitrogens is 4. The second kappa shape index (κ2) is 9.88. The van der Waals surface area contributed by atoms with Gasteiger partial charge in [-0.15, -0.1) is 5.10 Å². The topological polar surface area (TPSA) is 105 Å². The van der Waals surface area contributed by atoms with Gasteiger partial charge in [-0.05, 0) is 50.8 Å². The van der Waals surface area contributed by atoms with Crippen LogP contribution in [0.5, 0.6) is 0 Å². The minimum atomic E-state index is -4.66. The Morgan fingerprint density at radius 2 is 1.77 bits per heavy atom. The molecule has 0 atom stereocenters. The van der Waals surface area contributed by atoms with E-state index in [1.54, 1.807) is 30.9 Å². The lowest BCUT2D eigenvalue weighted by Crippen LogP contribution is -2.47. The van der Waals surface area contributed by atoms with Crippen LogP contribution >= 0.6 is 0 Å². The Bertz CT molecular complexity index is 1220. The molecule has 2 aromatic heterocycles. The third-order valence-corrected chi connectivity index (χ3v) is 6.11. The fourth-order valence-corrected chi connectivity index (χ4v) is 4.23. The standard InChI is InChI=1S/C23H26F3N7O2/c1-14-18(15(2)33-21(27-14)30-20(31-33)23(24,25)26)8-9-19(34)32-12-10-17(11-13-32)29-22(35)28-16-6-4-3-5-7-16/h3-7,17H,8-13H2,1-2H3,(H2,28,29,35). The lowest BCUT2D eigenvalue weighted by Gasteiger charge is -2.32. The second-order valence-corrected chi connectivity index (χ2v) is 8.53. The Hall–Kier alpha value is -3.70. The number of rotatable bonds is 5. The van der Waals surface area contributed by atoms with Crippen LogP contribution in [0.1, 0.15) is 42.0 Å². The zero-order valence-electron chi connectivity index (χ0n) is 19.4. The SMILES string of the molecule is Cc1nc2nc(C(F)(F)F)nn2c(C)c1CCC(=O)N1CCC(NC(=O)Nc2ccccc2)CC1. The van der Waals surface area contributed by atoms with Crippen LogP contribution in [0.2, 0.25) is 0 Å². The number of para-hydroxylation sites is 1. The average molecular weight is 490 g/mol. The van der Waals surface area contributed by atoms with Gasteiger partial charge in [-0.2, -0.15) is 18.2 Å². The highest BCUT2D eigenvalue weighted by Gasteiger charge is 2.37. The molecule has 0 unspecified atom stereocenters. The summed E-state index contributed by atoms with van der Waals surface area (Å²) in [6, 6.07) is 8.83. The molecule has 0 radical (unpaired) electrons. The zero-order valence-corrected chi connectivity index (χ0v) is 19.4. The number of piperidine rings is 1. The number of aryl methyl sites for hydroxylation is 2. The van der Waals surface area contributed by atoms with E-state index in [-0.39, 0.29) is 30.2 Å². The first-order valence-corrected chi connectivity index (χ1v) is 11.3. The van der Waals surface area contributed by atoms with E-state index >= 15 is 0 Å². The lowest BCUT2D eigenvalue weighted by molar-refractivity contribution is -0.144. The van der Waals surface area contributed by atoms with E-state index in [4.69, 9.17) is 0 Å². The molecular weight excluding hydrogens is 463 g/mol. The molecule has 12 heteroatoms. The molecule has 9 nitrogen and oxygen atoms in total. The Labute approximate surface area is 199 Å². The number of benzene rings is 1. The van der Waals surface area contributed by atoms with E-state index in [0.29, 0.717) is 55.0 Å². The van der Waals surface area contributed by atoms with E-state index in [9.17, 15) is 22.8 Å². The molecule has 3 heterocycles. The molecule has 0 aliphatic carbocycles. The maximum atomic E-state index is 13.0. The second-order valence-electron chi connectivity index (χ2n) is 8.53. The summed E-state index contributed by atoms with van der Waals surface area (Å²) in [6.45, 7) is 4.37. The predicted molar refractivity (Wildman–Crippen MR) is 122 cm³/mol. The number of fused-ring (bicyclic) bond motifs is 1. The minimum absolute atomic E-state index is 0.0333. The van der Waals surface area contributed by atoms with E-state index in [1.807, 2.05) is 18.2 Å². The van der Waals surface area contributed by atoms with Crippen molar-refractivity contribution in [3.05, 3.63) is 53.1 Å². The van der Waals surface area contributed by atoms with Gasteiger partial charge < -0.3 is 15.5 Å². The van der Waals surface area contributed by atoms with Crippen LogP contribution in [0.4, 0.5) is 23.7 Å². The van der Waals surface area contributed by atoms with E-state index in [0.717, 1.165) is 4.52 Å². The third kappa shape index (κ3) is 5.69. The molecule has 0 bridgehead atoms. The highest BCUT2D eigenvalue weighted by molar-refractivity contribution is 5.89. The highest BCUT2D eigenvalue weighted by atomic mass is 19.4. The van der Waals surface area contributed by atoms with Crippen molar-refractivity contribution >= 4 is 23.4 Å². The van der Waals surface area contributed by atoms with Crippen LogP contribution in [-0.2, 0) is 17.4 Å². The predicted octanol–water partition coefficient (Wildman–Crippen LogP) is 3.51. The van der Waals surface area contributed by atoms with Gasteiger partial charge in [0.2, 0.25) is 5.91 Å². The van der Waals surface area contributed by atoms with Crippen molar-refractivity contribution in [1.29, 1.82) is 0 Å². The molecule has 1 fully saturated rings. The lowest BCUT2D eigenvalue weighted by atomic mass is 10.0. The molecule has 0 spiro atoms. The Morgan fingerprint density at radius 3 is 2.43 bits per heavy atom. The monoisotopic (exact) mass is 489 g/mol. The van der Waals surface area contributed by atoms with Gasteiger partial charge in [0.1, 0.15) is 0 Å². The number of urea groups is 1. The average Bonchev–Trinajstić information content (AvgIpc) is 3.25. The number of nitrogens with zero attached hydrogens (tertiary/aromatic N) is 5. The van der Waals surface area contributed by atoms with Gasteiger partial charge in [-0.3, -0.25) is 4.79 Å². The van der Waals surface area contributed by atoms with Crippen LogP contribution in [0.3, 0.4) is 0 Å². The number of carbonyl (C=O) groups excluding carboxylic acids is 2. The number of carbonyl (C=O) groups is 2. The van der Waals surface area contributed by atoms with Crippen molar-refractivity contribution < 1.29 is 22.8 Å². The zero-order chi connectivity index (χ0) is 25.2. The van der Waals surface area contributed by atoms with Crippen LogP contribution in [0.25, 0.3) is 5.78 Å². The molecule has 1 aromatic carbocycles. The van der Waals surface area contributed by atoms with Gasteiger partial charge >= 0.3 is 12.2 Å². The van der Waals surface area contributed by atoms with Crippen molar-refractivity contribution in [2.24, 2.45) is 0 Å². The molecule has 2 N–H and O–H groups in total. The molecule has 3 aromatic rings. The van der Waals surface area contributed by atoms with Gasteiger partial charge in [-0.1, -0.05) is 18.2 Å². The largest absolute Gasteiger partial charge is 0.453 e. The summed E-state index contributed by atoms with van der Waals surface area (Å²) in [4.78, 5) is 34.3. The molecule has 1 saturated heterocycles. The molecule has 35 heavy (non-hydrogen) atoms. The quantitative estimate of drug-likeness (QED) is 0.571. The van der Waals surface area contributed by atoms with Gasteiger partial charge in [-0.25, -0.2) is 14.3 Å². The first-order valence-electron chi connectivity index (χ1n) is 11.3. The third-order valence-electron chi connectivity index (χ3n) is 6.11. The van der Waals surface area contributed by atoms with Crippen LogP contribution in [0, 0.1) is 13.8 Å². The molecule has 0 saturated carbocycles. The van der Waals surface area contributed by atoms with Crippen LogP contribution in [0.15, 0.2) is 30.3 Å². The van der Waals surface area contributed by atoms with Crippen molar-refractivity contribution in [2.75, 3.05) is 18.4 Å². The van der Waals surface area contributed by atoms with Crippen molar-refractivity contribution in [3.63, 3.8) is 0 Å². The van der Waals surface area contributed by atoms with Crippen LogP contribution in [-0.4, -0.2) is 55.6 Å². The molecular formula is C23H26F3N7O2. The Balaban J connectivity index is 1.30. The van der Waals surface area contributed by atoms with Gasteiger partial charge in [0.25, 0.3) is 11.6 Å². The summed E-state index contributed by atoms with van der Waals surface area (Å²) in [5, 5.41) is 9.26. The Morgan fingerprint density at radius 1 is 1.09 bits per heavy atom. The Kier molecular flexibility index (Phi) is 6.90. The number of halogens is 3. The normalized spacial score (nSPS) is 14.8. The first kappa shape index (κ1) is 24.4. The van der Waals surface area contributed by atoms with Gasteiger partial charge in [0.05, 0.1) is 0 Å². The number of hydrogen-bond donors (Lipinski definition) is 2. The summed E-state index contributed by atoms with van der Waals surface area (Å²) in [6.07, 6.45) is -2.86. The fraction of sp³-hybridized carbons (Fsp3) is 0.435.